The van der Waals surface area contributed by atoms with Gasteiger partial charge in [-0.2, -0.15) is 0 Å². The zero-order valence-electron chi connectivity index (χ0n) is 15.9. The molecule has 8 aliphatic rings. The van der Waals surface area contributed by atoms with Crippen LogP contribution < -0.4 is 0 Å². The minimum Gasteiger partial charge on any atom is -0.127 e. The lowest BCUT2D eigenvalue weighted by Crippen LogP contribution is -2.56. The van der Waals surface area contributed by atoms with Crippen LogP contribution in [0, 0.1) is 35.5 Å². The summed E-state index contributed by atoms with van der Waals surface area (Å²) in [4.78, 5) is 0. The number of halogens is 1. The summed E-state index contributed by atoms with van der Waals surface area (Å²) in [6.07, 6.45) is 22.4. The van der Waals surface area contributed by atoms with E-state index in [1.165, 1.54) is 12.6 Å². The summed E-state index contributed by atoms with van der Waals surface area (Å²) in [5.74, 6) is 7.67. The molecule has 0 radical (unpaired) electrons. The zero-order valence-corrected chi connectivity index (χ0v) is 17.5. The van der Waals surface area contributed by atoms with Crippen molar-refractivity contribution in [3.05, 3.63) is 0 Å². The van der Waals surface area contributed by atoms with Crippen molar-refractivity contribution >= 4 is 19.5 Å². The molecular formula is C23H36ClP. The Morgan fingerprint density at radius 3 is 1.20 bits per heavy atom. The van der Waals surface area contributed by atoms with Crippen LogP contribution >= 0.6 is 19.5 Å². The van der Waals surface area contributed by atoms with Crippen LogP contribution in [0.15, 0.2) is 0 Å². The van der Waals surface area contributed by atoms with Crippen LogP contribution in [-0.4, -0.2) is 22.4 Å². The van der Waals surface area contributed by atoms with E-state index in [0.29, 0.717) is 0 Å². The van der Waals surface area contributed by atoms with Crippen molar-refractivity contribution in [2.75, 3.05) is 12.0 Å². The van der Waals surface area contributed by atoms with Crippen molar-refractivity contribution in [1.82, 2.24) is 0 Å². The van der Waals surface area contributed by atoms with E-state index in [1.807, 2.05) is 0 Å². The first-order valence-electron chi connectivity index (χ1n) is 11.5. The molecule has 2 heteroatoms. The van der Waals surface area contributed by atoms with E-state index in [1.54, 1.807) is 77.0 Å². The first-order valence-corrected chi connectivity index (χ1v) is 13.6. The van der Waals surface area contributed by atoms with Crippen molar-refractivity contribution in [3.63, 3.8) is 0 Å². The van der Waals surface area contributed by atoms with Crippen molar-refractivity contribution in [2.24, 2.45) is 35.5 Å². The molecule has 0 unspecified atom stereocenters. The summed E-state index contributed by atoms with van der Waals surface area (Å²) < 4.78 is 0. The second-order valence-corrected chi connectivity index (χ2v) is 15.1. The molecule has 0 spiro atoms. The smallest absolute Gasteiger partial charge is 0.0226 e. The Kier molecular flexibility index (Phi) is 3.90. The van der Waals surface area contributed by atoms with Gasteiger partial charge >= 0.3 is 0 Å². The highest BCUT2D eigenvalue weighted by atomic mass is 35.5. The Labute approximate surface area is 161 Å². The fourth-order valence-corrected chi connectivity index (χ4v) is 15.6. The summed E-state index contributed by atoms with van der Waals surface area (Å²) in [6, 6.07) is 0. The highest BCUT2D eigenvalue weighted by Crippen LogP contribution is 2.78. The zero-order chi connectivity index (χ0) is 16.6. The first-order chi connectivity index (χ1) is 12.2. The first kappa shape index (κ1) is 16.7. The Bertz CT molecular complexity index is 426. The van der Waals surface area contributed by atoms with E-state index in [4.69, 9.17) is 11.6 Å². The third-order valence-corrected chi connectivity index (χ3v) is 14.1. The van der Waals surface area contributed by atoms with E-state index in [2.05, 4.69) is 0 Å². The van der Waals surface area contributed by atoms with Gasteiger partial charge in [0.05, 0.1) is 0 Å². The molecule has 0 aliphatic heterocycles. The lowest BCUT2D eigenvalue weighted by atomic mass is 9.55. The molecule has 0 N–H and O–H groups in total. The van der Waals surface area contributed by atoms with E-state index in [-0.39, 0.29) is 7.92 Å². The lowest BCUT2D eigenvalue weighted by Gasteiger charge is -2.67. The van der Waals surface area contributed by atoms with Crippen molar-refractivity contribution in [3.8, 4) is 0 Å². The minimum absolute atomic E-state index is 0.201. The van der Waals surface area contributed by atoms with E-state index >= 15 is 0 Å². The molecule has 0 nitrogen and oxygen atoms in total. The quantitative estimate of drug-likeness (QED) is 0.355. The molecule has 8 saturated carbocycles. The van der Waals surface area contributed by atoms with Gasteiger partial charge in [0.2, 0.25) is 0 Å². The molecule has 0 atom stereocenters. The number of alkyl halides is 1. The van der Waals surface area contributed by atoms with Gasteiger partial charge in [-0.1, -0.05) is 7.92 Å². The molecule has 0 aromatic carbocycles. The largest absolute Gasteiger partial charge is 0.127 e. The van der Waals surface area contributed by atoms with Crippen LogP contribution in [0.4, 0.5) is 0 Å². The molecule has 8 rings (SSSR count). The molecule has 0 amide bonds. The van der Waals surface area contributed by atoms with Gasteiger partial charge in [0.1, 0.15) is 0 Å². The molecule has 8 fully saturated rings. The average Bonchev–Trinajstić information content (AvgIpc) is 2.52. The standard InChI is InChI=1S/C23H36ClP/c24-2-1-3-25(22-10-16-4-17(11-22)6-18(5-16)12-22)23-13-19-7-20(14-23)9-21(8-19)15-23/h16-21H,1-15H2. The second kappa shape index (κ2) is 5.86. The van der Waals surface area contributed by atoms with E-state index in [0.717, 1.165) is 51.7 Å². The summed E-state index contributed by atoms with van der Waals surface area (Å²) in [7, 11) is 0.201. The van der Waals surface area contributed by atoms with Crippen LogP contribution in [0.3, 0.4) is 0 Å². The molecule has 8 bridgehead atoms. The van der Waals surface area contributed by atoms with Crippen LogP contribution in [0.25, 0.3) is 0 Å². The maximum atomic E-state index is 6.27. The van der Waals surface area contributed by atoms with Gasteiger partial charge in [-0.3, -0.25) is 0 Å². The predicted molar refractivity (Wildman–Crippen MR) is 109 cm³/mol. The number of hydrogen-bond donors (Lipinski definition) is 0. The molecule has 0 heterocycles. The van der Waals surface area contributed by atoms with Crippen LogP contribution in [0.1, 0.15) is 83.5 Å². The number of hydrogen-bond acceptors (Lipinski definition) is 0. The van der Waals surface area contributed by atoms with Crippen LogP contribution in [-0.2, 0) is 0 Å². The predicted octanol–water partition coefficient (Wildman–Crippen LogP) is 7.03. The van der Waals surface area contributed by atoms with E-state index in [9.17, 15) is 0 Å². The maximum absolute atomic E-state index is 6.27. The van der Waals surface area contributed by atoms with Gasteiger partial charge < -0.3 is 0 Å². The lowest BCUT2D eigenvalue weighted by molar-refractivity contribution is 0.0185. The summed E-state index contributed by atoms with van der Waals surface area (Å²) in [5, 5.41) is 1.64. The fraction of sp³-hybridized carbons (Fsp3) is 1.00. The topological polar surface area (TPSA) is 0 Å². The maximum Gasteiger partial charge on any atom is 0.0226 e. The Balaban J connectivity index is 1.37. The molecule has 0 saturated heterocycles. The molecule has 25 heavy (non-hydrogen) atoms. The second-order valence-electron chi connectivity index (χ2n) is 11.5. The minimum atomic E-state index is 0.201. The Morgan fingerprint density at radius 2 is 0.920 bits per heavy atom. The highest BCUT2D eigenvalue weighted by Gasteiger charge is 2.62. The van der Waals surface area contributed by atoms with Crippen LogP contribution in [0.2, 0.25) is 0 Å². The van der Waals surface area contributed by atoms with Crippen molar-refractivity contribution < 1.29 is 0 Å². The van der Waals surface area contributed by atoms with Gasteiger partial charge in [0.25, 0.3) is 0 Å². The van der Waals surface area contributed by atoms with E-state index < -0.39 is 0 Å². The molecule has 0 aromatic heterocycles. The van der Waals surface area contributed by atoms with Gasteiger partial charge in [-0.05, 0) is 135 Å². The molecule has 0 aromatic rings. The van der Waals surface area contributed by atoms with Gasteiger partial charge in [-0.25, -0.2) is 0 Å². The summed E-state index contributed by atoms with van der Waals surface area (Å²) >= 11 is 6.27. The van der Waals surface area contributed by atoms with Crippen molar-refractivity contribution in [2.45, 2.75) is 93.8 Å². The Hall–Kier alpha value is 0.720. The number of rotatable bonds is 5. The average molecular weight is 379 g/mol. The highest BCUT2D eigenvalue weighted by molar-refractivity contribution is 7.61. The Morgan fingerprint density at radius 1 is 0.600 bits per heavy atom. The van der Waals surface area contributed by atoms with Crippen molar-refractivity contribution in [1.29, 1.82) is 0 Å². The summed E-state index contributed by atoms with van der Waals surface area (Å²) in [5.41, 5.74) is 0. The third kappa shape index (κ3) is 2.55. The van der Waals surface area contributed by atoms with Gasteiger partial charge in [-0.15, -0.1) is 11.6 Å². The third-order valence-electron chi connectivity index (χ3n) is 9.67. The normalized spacial score (nSPS) is 56.5. The monoisotopic (exact) mass is 378 g/mol. The summed E-state index contributed by atoms with van der Waals surface area (Å²) in [6.45, 7) is 0. The SMILES string of the molecule is ClCCCP(C12CC3CC(CC(C3)C1)C2)C12CC3CC(CC(C3)C1)C2. The van der Waals surface area contributed by atoms with Gasteiger partial charge in [0, 0.05) is 5.88 Å². The molecule has 8 aliphatic carbocycles. The fourth-order valence-electron chi connectivity index (χ4n) is 9.99. The van der Waals surface area contributed by atoms with Gasteiger partial charge in [0.15, 0.2) is 0 Å². The molecule has 140 valence electrons. The van der Waals surface area contributed by atoms with Crippen LogP contribution in [0.5, 0.6) is 0 Å². The molecular weight excluding hydrogens is 343 g/mol.